The molecule has 1 radical (unpaired) electrons. The number of rotatable bonds is 23. The third-order valence-electron chi connectivity index (χ3n) is 4.75. The first-order valence-corrected chi connectivity index (χ1v) is 14.7. The van der Waals surface area contributed by atoms with Crippen molar-refractivity contribution in [2.45, 2.75) is 66.7 Å². The predicted octanol–water partition coefficient (Wildman–Crippen LogP) is 5.62. The summed E-state index contributed by atoms with van der Waals surface area (Å²) in [7, 11) is 0. The van der Waals surface area contributed by atoms with Crippen molar-refractivity contribution >= 4 is 31.9 Å². The molecule has 16 heteroatoms. The van der Waals surface area contributed by atoms with Gasteiger partial charge in [-0.2, -0.15) is 6.92 Å². The average Bonchev–Trinajstić information content (AvgIpc) is 3.05. The van der Waals surface area contributed by atoms with E-state index in [0.717, 1.165) is 0 Å². The fraction of sp³-hybridized carbons (Fsp3) is 0.559. The van der Waals surface area contributed by atoms with Crippen LogP contribution in [0.15, 0.2) is 36.4 Å². The van der Waals surface area contributed by atoms with Crippen molar-refractivity contribution in [3.8, 4) is 0 Å². The van der Waals surface area contributed by atoms with Crippen molar-refractivity contribution in [2.75, 3.05) is 59.6 Å². The number of nitrogens with zero attached hydrogens (tertiary/aromatic N) is 3. The molecule has 1 rings (SSSR count). The first-order chi connectivity index (χ1) is 21.4. The number of carbonyl (C=O) groups is 5. The van der Waals surface area contributed by atoms with E-state index in [1.165, 1.54) is 41.9 Å². The SMILES string of the molecule is CCC.CCCCCC.O=COCN(CCN(CCN(COC=O)COC=O)CC(=O)O)COC=O.[3HH].[CH2-]C.[CH3-].[CH3-].[CH3-].[Cm].[Cm].[Y].c1ccccc1. The van der Waals surface area contributed by atoms with E-state index in [2.05, 4.69) is 53.6 Å². The summed E-state index contributed by atoms with van der Waals surface area (Å²) in [5.41, 5.74) is 0. The molecule has 0 unspecified atom stereocenters. The van der Waals surface area contributed by atoms with E-state index >= 15 is 0 Å². The van der Waals surface area contributed by atoms with E-state index in [4.69, 9.17) is 5.11 Å². The Hall–Kier alpha value is -4.45. The monoisotopic (exact) mass is 1250 g/mol. The van der Waals surface area contributed by atoms with Gasteiger partial charge < -0.3 is 53.3 Å². The molecule has 301 valence electrons. The van der Waals surface area contributed by atoms with Gasteiger partial charge in [-0.25, -0.2) is 9.80 Å². The standard InChI is InChI=1S/C14H23N3O10.C6H6.C6H14.C3H8.C2H5.3CH3.2Cm.Y.H2/c18-10-24-6-16(7-25-11-19)3-1-15(5-14(22)23)2-4-17(8-26-12-20)9-27-13-21;1-2-4-6-5-3-1;1-3-5-6-4-2;1-3-2;1-2;;;;;;;/h10-13H,1-9H2,(H,22,23);1-6H;3-6H2,1-2H3;3H2,1-2H3;1H2,2H3;3*1H3;;;;1H/q;;;;4*-1;;;;/i;;;;;;;;;;;1+2. The molecule has 0 bridgehead atoms. The van der Waals surface area contributed by atoms with Gasteiger partial charge in [0.25, 0.3) is 25.9 Å². The quantitative estimate of drug-likeness (QED) is 0.0475. The van der Waals surface area contributed by atoms with Gasteiger partial charge in [-0.05, 0) is 0 Å². The van der Waals surface area contributed by atoms with Crippen LogP contribution in [-0.2, 0) is 75.6 Å². The molecule has 0 aliphatic carbocycles. The number of aliphatic carboxylic acids is 1. The molecule has 0 atom stereocenters. The average molecular weight is 1260 g/mol. The molecule has 0 saturated carbocycles. The number of ether oxygens (including phenoxy) is 4. The number of carbonyl (C=O) groups excluding carboxylic acids is 4. The number of hydrogen-bond acceptors (Lipinski definition) is 12. The van der Waals surface area contributed by atoms with Crippen LogP contribution in [0.1, 0.15) is 68.1 Å². The maximum Gasteiger partial charge on any atom is 0.317 e. The van der Waals surface area contributed by atoms with E-state index in [1.807, 2.05) is 36.4 Å². The van der Waals surface area contributed by atoms with Crippen LogP contribution in [0.5, 0.6) is 0 Å². The molecular formula is C34H67Cm2N3O10Y-4. The topological polar surface area (TPSA) is 152 Å². The Morgan fingerprint density at radius 3 is 1.00 bits per heavy atom. The Morgan fingerprint density at radius 2 is 0.820 bits per heavy atom. The number of unbranched alkanes of at least 4 members (excludes halogenated alkanes) is 3. The zero-order valence-electron chi connectivity index (χ0n) is 31.6. The molecule has 0 heterocycles. The van der Waals surface area contributed by atoms with Crippen molar-refractivity contribution in [3.05, 3.63) is 65.6 Å². The van der Waals surface area contributed by atoms with Crippen LogP contribution in [0.4, 0.5) is 0 Å². The fourth-order valence-corrected chi connectivity index (χ4v) is 2.79. The molecule has 0 saturated heterocycles. The van der Waals surface area contributed by atoms with Crippen molar-refractivity contribution in [2.24, 2.45) is 0 Å². The molecule has 1 aromatic carbocycles. The zero-order valence-corrected chi connectivity index (χ0v) is 40.4. The molecule has 0 aliphatic rings. The number of carboxylic acid groups (broad SMARTS) is 1. The number of carboxylic acids is 1. The van der Waals surface area contributed by atoms with Crippen LogP contribution < -0.4 is 0 Å². The van der Waals surface area contributed by atoms with Crippen LogP contribution >= 0.6 is 0 Å². The van der Waals surface area contributed by atoms with Crippen LogP contribution in [0.2, 0.25) is 0 Å². The van der Waals surface area contributed by atoms with E-state index in [0.29, 0.717) is 0 Å². The van der Waals surface area contributed by atoms with Crippen LogP contribution in [0.3, 0.4) is 0 Å². The second-order valence-electron chi connectivity index (χ2n) is 8.60. The normalized spacial score (nSPS) is 8.18. The second-order valence-corrected chi connectivity index (χ2v) is 8.60. The number of benzene rings is 1. The van der Waals surface area contributed by atoms with E-state index < -0.39 is 5.97 Å². The van der Waals surface area contributed by atoms with E-state index in [-0.39, 0.29) is 142 Å². The molecule has 0 fully saturated rings. The molecule has 0 spiro atoms. The summed E-state index contributed by atoms with van der Waals surface area (Å²) in [4.78, 5) is 56.7. The van der Waals surface area contributed by atoms with Crippen molar-refractivity contribution < 1.29 is 82.2 Å². The van der Waals surface area contributed by atoms with Crippen molar-refractivity contribution in [1.29, 1.82) is 0 Å². The van der Waals surface area contributed by atoms with Crippen molar-refractivity contribution in [3.63, 3.8) is 0 Å². The van der Waals surface area contributed by atoms with E-state index in [1.54, 1.807) is 11.8 Å². The second kappa shape index (κ2) is 66.9. The summed E-state index contributed by atoms with van der Waals surface area (Å²) < 4.78 is 18.4. The molecule has 1 N–H and O–H groups in total. The van der Waals surface area contributed by atoms with Gasteiger partial charge in [0.15, 0.2) is 0 Å². The maximum absolute atomic E-state index is 11.0. The smallest absolute Gasteiger partial charge is 0.317 e. The third-order valence-corrected chi connectivity index (χ3v) is 4.75. The van der Waals surface area contributed by atoms with E-state index in [9.17, 15) is 24.0 Å². The fourth-order valence-electron chi connectivity index (χ4n) is 2.79. The summed E-state index contributed by atoms with van der Waals surface area (Å²) in [5, 5.41) is 9.03. The molecule has 0 aromatic heterocycles. The zero-order chi connectivity index (χ0) is 34.1. The van der Waals surface area contributed by atoms with Gasteiger partial charge in [0.1, 0.15) is 26.9 Å². The molecular weight excluding hydrogens is 1190 g/mol. The summed E-state index contributed by atoms with van der Waals surface area (Å²) in [6.07, 6.45) is 6.79. The molecule has 0 amide bonds. The van der Waals surface area contributed by atoms with Gasteiger partial charge in [-0.1, -0.05) is 96.2 Å². The van der Waals surface area contributed by atoms with Crippen LogP contribution in [0, 0.1) is 29.2 Å². The Labute approximate surface area is 319 Å². The van der Waals surface area contributed by atoms with Crippen LogP contribution in [-0.4, -0.2) is 111 Å². The van der Waals surface area contributed by atoms with Gasteiger partial charge in [-0.3, -0.25) is 28.9 Å². The Balaban J connectivity index is -0.0000000618. The summed E-state index contributed by atoms with van der Waals surface area (Å²) in [6.45, 7) is 14.8. The Bertz CT molecular complexity index is 671. The first-order valence-electron chi connectivity index (χ1n) is 14.7. The largest absolute Gasteiger partial charge is 0.480 e. The minimum atomic E-state index is -1.06. The first kappa shape index (κ1) is 71.5. The van der Waals surface area contributed by atoms with Crippen molar-refractivity contribution in [1.82, 2.24) is 14.7 Å². The molecule has 1 aromatic rings. The third kappa shape index (κ3) is 66.1. The minimum absolute atomic E-state index is 0. The van der Waals surface area contributed by atoms with Gasteiger partial charge in [0, 0.05) is 60.3 Å². The summed E-state index contributed by atoms with van der Waals surface area (Å²) >= 11 is 0. The molecule has 13 nitrogen and oxygen atoms in total. The Kier molecular flexibility index (Phi) is 95.7. The molecule has 0 aliphatic heterocycles. The molecule has 50 heavy (non-hydrogen) atoms. The van der Waals surface area contributed by atoms with Crippen LogP contribution in [0.25, 0.3) is 0 Å². The predicted molar refractivity (Wildman–Crippen MR) is 190 cm³/mol. The Morgan fingerprint density at radius 1 is 0.600 bits per heavy atom. The maximum atomic E-state index is 11.0. The number of hydrogen-bond donors (Lipinski definition) is 1. The minimum Gasteiger partial charge on any atom is -0.480 e. The summed E-state index contributed by atoms with van der Waals surface area (Å²) in [5.74, 6) is -1.06. The van der Waals surface area contributed by atoms with Gasteiger partial charge >= 0.3 is 5.97 Å². The summed E-state index contributed by atoms with van der Waals surface area (Å²) in [6, 6.07) is 12.0. The van der Waals surface area contributed by atoms with Gasteiger partial charge in [0.2, 0.25) is 0 Å². The van der Waals surface area contributed by atoms with Gasteiger partial charge in [-0.15, -0.1) is 0 Å². The van der Waals surface area contributed by atoms with Gasteiger partial charge in [0.05, 0.1) is 6.54 Å².